The maximum Gasteiger partial charge on any atom is 0.223 e. The van der Waals surface area contributed by atoms with Gasteiger partial charge in [0.1, 0.15) is 0 Å². The van der Waals surface area contributed by atoms with Crippen molar-refractivity contribution < 1.29 is 13.2 Å². The van der Waals surface area contributed by atoms with Crippen molar-refractivity contribution in [2.45, 2.75) is 26.3 Å². The molecule has 0 bridgehead atoms. The molecule has 1 N–H and O–H groups in total. The summed E-state index contributed by atoms with van der Waals surface area (Å²) in [6.07, 6.45) is 0.443. The number of nitrogens with zero attached hydrogens (tertiary/aromatic N) is 1. The van der Waals surface area contributed by atoms with Crippen LogP contribution in [-0.4, -0.2) is 56.4 Å². The van der Waals surface area contributed by atoms with Crippen LogP contribution in [0.15, 0.2) is 0 Å². The van der Waals surface area contributed by atoms with Gasteiger partial charge in [-0.2, -0.15) is 0 Å². The summed E-state index contributed by atoms with van der Waals surface area (Å²) in [5.74, 6) is 0.259. The Bertz CT molecular complexity index is 324. The Kier molecular flexibility index (Phi) is 4.73. The van der Waals surface area contributed by atoms with Crippen molar-refractivity contribution >= 4 is 15.7 Å². The minimum atomic E-state index is -2.89. The van der Waals surface area contributed by atoms with Gasteiger partial charge in [-0.05, 0) is 0 Å². The van der Waals surface area contributed by atoms with Gasteiger partial charge in [0, 0.05) is 32.1 Å². The lowest BCUT2D eigenvalue weighted by atomic mass is 10.3. The van der Waals surface area contributed by atoms with E-state index in [9.17, 15) is 13.2 Å². The lowest BCUT2D eigenvalue weighted by Gasteiger charge is -2.26. The second kappa shape index (κ2) is 5.63. The molecule has 0 aliphatic carbocycles. The van der Waals surface area contributed by atoms with Crippen LogP contribution in [0.5, 0.6) is 0 Å². The quantitative estimate of drug-likeness (QED) is 0.737. The summed E-state index contributed by atoms with van der Waals surface area (Å²) in [7, 11) is -2.89. The van der Waals surface area contributed by atoms with Crippen LogP contribution in [0, 0.1) is 0 Å². The van der Waals surface area contributed by atoms with Crippen LogP contribution in [0.4, 0.5) is 0 Å². The molecule has 16 heavy (non-hydrogen) atoms. The van der Waals surface area contributed by atoms with Gasteiger partial charge in [-0.15, -0.1) is 0 Å². The highest BCUT2D eigenvalue weighted by molar-refractivity contribution is 7.91. The van der Waals surface area contributed by atoms with E-state index >= 15 is 0 Å². The zero-order valence-electron chi connectivity index (χ0n) is 9.90. The molecule has 0 atom stereocenters. The summed E-state index contributed by atoms with van der Waals surface area (Å²) < 4.78 is 22.3. The first kappa shape index (κ1) is 13.4. The number of sulfone groups is 1. The van der Waals surface area contributed by atoms with Crippen molar-refractivity contribution in [3.8, 4) is 0 Å². The predicted molar refractivity (Wildman–Crippen MR) is 63.0 cm³/mol. The van der Waals surface area contributed by atoms with Crippen molar-refractivity contribution in [3.05, 3.63) is 0 Å². The fraction of sp³-hybridized carbons (Fsp3) is 0.900. The molecule has 94 valence electrons. The third kappa shape index (κ3) is 4.49. The van der Waals surface area contributed by atoms with Crippen LogP contribution in [0.1, 0.15) is 20.3 Å². The number of rotatable bonds is 4. The fourth-order valence-corrected chi connectivity index (χ4v) is 2.79. The summed E-state index contributed by atoms with van der Waals surface area (Å²) in [4.78, 5) is 13.3. The minimum absolute atomic E-state index is 0.0445. The third-order valence-electron chi connectivity index (χ3n) is 2.59. The molecule has 1 heterocycles. The summed E-state index contributed by atoms with van der Waals surface area (Å²) in [5.41, 5.74) is 0. The average Bonchev–Trinajstić information content (AvgIpc) is 2.16. The number of amides is 1. The fourth-order valence-electron chi connectivity index (χ4n) is 1.59. The molecule has 0 radical (unpaired) electrons. The molecule has 5 nitrogen and oxygen atoms in total. The van der Waals surface area contributed by atoms with Gasteiger partial charge in [-0.1, -0.05) is 13.8 Å². The van der Waals surface area contributed by atoms with Gasteiger partial charge in [0.05, 0.1) is 11.5 Å². The number of hydrogen-bond acceptors (Lipinski definition) is 4. The van der Waals surface area contributed by atoms with Crippen molar-refractivity contribution in [2.75, 3.05) is 31.1 Å². The lowest BCUT2D eigenvalue weighted by Crippen LogP contribution is -2.44. The zero-order valence-corrected chi connectivity index (χ0v) is 10.7. The molecular weight excluding hydrogens is 228 g/mol. The molecule has 1 aliphatic heterocycles. The monoisotopic (exact) mass is 248 g/mol. The Morgan fingerprint density at radius 2 is 1.88 bits per heavy atom. The first-order valence-corrected chi connectivity index (χ1v) is 7.44. The Morgan fingerprint density at radius 3 is 2.38 bits per heavy atom. The lowest BCUT2D eigenvalue weighted by molar-refractivity contribution is -0.130. The van der Waals surface area contributed by atoms with Crippen LogP contribution in [0.2, 0.25) is 0 Å². The maximum absolute atomic E-state index is 11.7. The number of carbonyl (C=O) groups is 1. The number of hydrogen-bond donors (Lipinski definition) is 1. The molecule has 0 unspecified atom stereocenters. The standard InChI is InChI=1S/C10H20N2O3S/c1-9(2)11-4-3-10(13)12-5-7-16(14,15)8-6-12/h9,11H,3-8H2,1-2H3. The highest BCUT2D eigenvalue weighted by Gasteiger charge is 2.24. The summed E-state index contributed by atoms with van der Waals surface area (Å²) in [6.45, 7) is 5.40. The van der Waals surface area contributed by atoms with Crippen LogP contribution in [0.25, 0.3) is 0 Å². The smallest absolute Gasteiger partial charge is 0.223 e. The van der Waals surface area contributed by atoms with Gasteiger partial charge >= 0.3 is 0 Å². The maximum atomic E-state index is 11.7. The zero-order chi connectivity index (χ0) is 12.2. The van der Waals surface area contributed by atoms with Gasteiger partial charge in [0.15, 0.2) is 9.84 Å². The molecule has 0 saturated carbocycles. The molecule has 0 aromatic heterocycles. The normalized spacial score (nSPS) is 20.1. The van der Waals surface area contributed by atoms with E-state index in [4.69, 9.17) is 0 Å². The van der Waals surface area contributed by atoms with Gasteiger partial charge in [-0.25, -0.2) is 8.42 Å². The van der Waals surface area contributed by atoms with E-state index in [2.05, 4.69) is 5.32 Å². The van der Waals surface area contributed by atoms with Gasteiger partial charge in [-0.3, -0.25) is 4.79 Å². The Hall–Kier alpha value is -0.620. The summed E-state index contributed by atoms with van der Waals surface area (Å²) in [6, 6.07) is 0.370. The minimum Gasteiger partial charge on any atom is -0.341 e. The largest absolute Gasteiger partial charge is 0.341 e. The molecule has 0 aromatic rings. The van der Waals surface area contributed by atoms with Crippen LogP contribution in [-0.2, 0) is 14.6 Å². The molecular formula is C10H20N2O3S. The Morgan fingerprint density at radius 1 is 1.31 bits per heavy atom. The molecule has 1 rings (SSSR count). The van der Waals surface area contributed by atoms with Crippen molar-refractivity contribution in [2.24, 2.45) is 0 Å². The van der Waals surface area contributed by atoms with E-state index in [0.29, 0.717) is 32.1 Å². The topological polar surface area (TPSA) is 66.5 Å². The van der Waals surface area contributed by atoms with E-state index in [0.717, 1.165) is 0 Å². The molecule has 0 aromatic carbocycles. The Balaban J connectivity index is 2.28. The van der Waals surface area contributed by atoms with Crippen molar-refractivity contribution in [1.29, 1.82) is 0 Å². The second-order valence-corrected chi connectivity index (χ2v) is 6.70. The first-order chi connectivity index (χ1) is 7.41. The van der Waals surface area contributed by atoms with Gasteiger partial charge in [0.25, 0.3) is 0 Å². The second-order valence-electron chi connectivity index (χ2n) is 4.39. The molecule has 1 saturated heterocycles. The first-order valence-electron chi connectivity index (χ1n) is 5.62. The molecule has 1 aliphatic rings. The van der Waals surface area contributed by atoms with E-state index in [-0.39, 0.29) is 17.4 Å². The summed E-state index contributed by atoms with van der Waals surface area (Å²) >= 11 is 0. The molecule has 1 amide bonds. The predicted octanol–water partition coefficient (Wildman–Crippen LogP) is -0.368. The van der Waals surface area contributed by atoms with Crippen molar-refractivity contribution in [3.63, 3.8) is 0 Å². The Labute approximate surface area is 97.1 Å². The van der Waals surface area contributed by atoms with E-state index in [1.165, 1.54) is 0 Å². The number of carbonyl (C=O) groups excluding carboxylic acids is 1. The molecule has 0 spiro atoms. The van der Waals surface area contributed by atoms with E-state index in [1.54, 1.807) is 4.90 Å². The number of nitrogens with one attached hydrogen (secondary N) is 1. The SMILES string of the molecule is CC(C)NCCC(=O)N1CCS(=O)(=O)CC1. The van der Waals surface area contributed by atoms with Crippen LogP contribution >= 0.6 is 0 Å². The van der Waals surface area contributed by atoms with E-state index in [1.807, 2.05) is 13.8 Å². The summed E-state index contributed by atoms with van der Waals surface area (Å²) in [5, 5.41) is 3.17. The van der Waals surface area contributed by atoms with Gasteiger partial charge in [0.2, 0.25) is 5.91 Å². The molecule has 6 heteroatoms. The van der Waals surface area contributed by atoms with Crippen LogP contribution in [0.3, 0.4) is 0 Å². The highest BCUT2D eigenvalue weighted by atomic mass is 32.2. The van der Waals surface area contributed by atoms with Crippen LogP contribution < -0.4 is 5.32 Å². The van der Waals surface area contributed by atoms with Gasteiger partial charge < -0.3 is 10.2 Å². The van der Waals surface area contributed by atoms with Crippen molar-refractivity contribution in [1.82, 2.24) is 10.2 Å². The highest BCUT2D eigenvalue weighted by Crippen LogP contribution is 2.05. The average molecular weight is 248 g/mol. The molecule has 1 fully saturated rings. The van der Waals surface area contributed by atoms with E-state index < -0.39 is 9.84 Å². The third-order valence-corrected chi connectivity index (χ3v) is 4.20.